The van der Waals surface area contributed by atoms with Gasteiger partial charge in [-0.3, -0.25) is 0 Å². The summed E-state index contributed by atoms with van der Waals surface area (Å²) in [6.07, 6.45) is 2.61. The van der Waals surface area contributed by atoms with Crippen molar-refractivity contribution < 1.29 is 9.84 Å². The first-order valence-corrected chi connectivity index (χ1v) is 7.02. The van der Waals surface area contributed by atoms with Gasteiger partial charge in [-0.25, -0.2) is 0 Å². The van der Waals surface area contributed by atoms with Crippen LogP contribution in [0.2, 0.25) is 0 Å². The zero-order valence-corrected chi connectivity index (χ0v) is 12.4. The van der Waals surface area contributed by atoms with Gasteiger partial charge in [0, 0.05) is 25.8 Å². The minimum absolute atomic E-state index is 0.0535. The Morgan fingerprint density at radius 1 is 1.32 bits per heavy atom. The molecule has 0 saturated heterocycles. The van der Waals surface area contributed by atoms with E-state index >= 15 is 0 Å². The lowest BCUT2D eigenvalue weighted by atomic mass is 9.73. The molecule has 0 aliphatic heterocycles. The van der Waals surface area contributed by atoms with Crippen LogP contribution in [0.25, 0.3) is 0 Å². The van der Waals surface area contributed by atoms with E-state index < -0.39 is 6.10 Å². The molecule has 3 heteroatoms. The van der Waals surface area contributed by atoms with Crippen LogP contribution in [0.5, 0.6) is 5.75 Å². The molecular formula is C16H25NO2. The first-order valence-electron chi connectivity index (χ1n) is 7.02. The van der Waals surface area contributed by atoms with E-state index in [0.29, 0.717) is 0 Å². The average Bonchev–Trinajstić information content (AvgIpc) is 2.35. The van der Waals surface area contributed by atoms with Gasteiger partial charge in [-0.15, -0.1) is 0 Å². The minimum atomic E-state index is -0.399. The van der Waals surface area contributed by atoms with E-state index in [1.165, 1.54) is 0 Å². The number of nitrogens with zero attached hydrogens (tertiary/aromatic N) is 1. The molecule has 0 bridgehead atoms. The van der Waals surface area contributed by atoms with Crippen molar-refractivity contribution in [1.82, 2.24) is 0 Å². The van der Waals surface area contributed by atoms with Crippen molar-refractivity contribution in [2.24, 2.45) is 5.41 Å². The summed E-state index contributed by atoms with van der Waals surface area (Å²) < 4.78 is 6.02. The Labute approximate surface area is 116 Å². The van der Waals surface area contributed by atoms with Crippen molar-refractivity contribution in [3.8, 4) is 5.75 Å². The van der Waals surface area contributed by atoms with Gasteiger partial charge in [-0.05, 0) is 36.8 Å². The molecule has 0 spiro atoms. The fourth-order valence-electron chi connectivity index (χ4n) is 2.70. The zero-order chi connectivity index (χ0) is 14.0. The highest BCUT2D eigenvalue weighted by Crippen LogP contribution is 2.37. The number of aliphatic hydroxyl groups is 1. The van der Waals surface area contributed by atoms with E-state index in [2.05, 4.69) is 13.8 Å². The van der Waals surface area contributed by atoms with E-state index in [4.69, 9.17) is 4.74 Å². The Morgan fingerprint density at radius 3 is 2.74 bits per heavy atom. The minimum Gasteiger partial charge on any atom is -0.488 e. The average molecular weight is 263 g/mol. The third-order valence-corrected chi connectivity index (χ3v) is 4.08. The van der Waals surface area contributed by atoms with Crippen molar-refractivity contribution in [3.05, 3.63) is 24.3 Å². The normalized spacial score (nSPS) is 25.9. The quantitative estimate of drug-likeness (QED) is 0.909. The van der Waals surface area contributed by atoms with Gasteiger partial charge >= 0.3 is 0 Å². The molecule has 106 valence electrons. The standard InChI is InChI=1S/C16H25NO2/c1-16(2)10-6-9-14(15(16)18)19-13-8-5-7-12(11-13)17(3)4/h5,7-8,11,14-15,18H,6,9-10H2,1-4H3. The maximum absolute atomic E-state index is 10.4. The van der Waals surface area contributed by atoms with E-state index in [-0.39, 0.29) is 11.5 Å². The van der Waals surface area contributed by atoms with Gasteiger partial charge in [0.15, 0.2) is 0 Å². The van der Waals surface area contributed by atoms with E-state index in [0.717, 1.165) is 30.7 Å². The summed E-state index contributed by atoms with van der Waals surface area (Å²) in [6.45, 7) is 4.23. The number of hydrogen-bond donors (Lipinski definition) is 1. The molecule has 2 atom stereocenters. The fraction of sp³-hybridized carbons (Fsp3) is 0.625. The fourth-order valence-corrected chi connectivity index (χ4v) is 2.70. The first kappa shape index (κ1) is 14.2. The Hall–Kier alpha value is -1.22. The van der Waals surface area contributed by atoms with Crippen LogP contribution in [-0.4, -0.2) is 31.4 Å². The van der Waals surface area contributed by atoms with Gasteiger partial charge in [-0.1, -0.05) is 19.9 Å². The molecule has 1 aliphatic carbocycles. The highest BCUT2D eigenvalue weighted by atomic mass is 16.5. The molecule has 1 fully saturated rings. The summed E-state index contributed by atoms with van der Waals surface area (Å²) in [5, 5.41) is 10.4. The van der Waals surface area contributed by atoms with E-state index in [1.807, 2.05) is 43.3 Å². The molecule has 1 aromatic carbocycles. The number of aliphatic hydroxyl groups excluding tert-OH is 1. The van der Waals surface area contributed by atoms with Gasteiger partial charge in [0.05, 0.1) is 6.10 Å². The van der Waals surface area contributed by atoms with Crippen LogP contribution >= 0.6 is 0 Å². The molecule has 0 radical (unpaired) electrons. The van der Waals surface area contributed by atoms with Gasteiger partial charge < -0.3 is 14.7 Å². The van der Waals surface area contributed by atoms with Crippen LogP contribution in [0.15, 0.2) is 24.3 Å². The maximum atomic E-state index is 10.4. The maximum Gasteiger partial charge on any atom is 0.125 e. The smallest absolute Gasteiger partial charge is 0.125 e. The van der Waals surface area contributed by atoms with Crippen molar-refractivity contribution in [2.75, 3.05) is 19.0 Å². The number of rotatable bonds is 3. The van der Waals surface area contributed by atoms with Crippen LogP contribution < -0.4 is 9.64 Å². The van der Waals surface area contributed by atoms with Gasteiger partial charge in [0.2, 0.25) is 0 Å². The first-order chi connectivity index (χ1) is 8.90. The summed E-state index contributed by atoms with van der Waals surface area (Å²) in [4.78, 5) is 2.05. The molecule has 0 heterocycles. The number of ether oxygens (including phenoxy) is 1. The Kier molecular flexibility index (Phi) is 4.04. The van der Waals surface area contributed by atoms with Crippen LogP contribution in [0.3, 0.4) is 0 Å². The van der Waals surface area contributed by atoms with Crippen molar-refractivity contribution in [2.45, 2.75) is 45.3 Å². The van der Waals surface area contributed by atoms with E-state index in [9.17, 15) is 5.11 Å². The lowest BCUT2D eigenvalue weighted by molar-refractivity contribution is -0.0689. The number of anilines is 1. The molecule has 2 rings (SSSR count). The molecule has 1 aromatic rings. The largest absolute Gasteiger partial charge is 0.488 e. The van der Waals surface area contributed by atoms with Crippen LogP contribution in [0.1, 0.15) is 33.1 Å². The topological polar surface area (TPSA) is 32.7 Å². The van der Waals surface area contributed by atoms with E-state index in [1.54, 1.807) is 0 Å². The summed E-state index contributed by atoms with van der Waals surface area (Å²) in [6, 6.07) is 8.02. The van der Waals surface area contributed by atoms with Gasteiger partial charge in [0.1, 0.15) is 11.9 Å². The molecule has 1 N–H and O–H groups in total. The zero-order valence-electron chi connectivity index (χ0n) is 12.4. The van der Waals surface area contributed by atoms with Crippen molar-refractivity contribution in [1.29, 1.82) is 0 Å². The van der Waals surface area contributed by atoms with Gasteiger partial charge in [0.25, 0.3) is 0 Å². The molecule has 19 heavy (non-hydrogen) atoms. The molecule has 1 aliphatic rings. The van der Waals surface area contributed by atoms with Crippen molar-refractivity contribution in [3.63, 3.8) is 0 Å². The molecule has 1 saturated carbocycles. The number of hydrogen-bond acceptors (Lipinski definition) is 3. The van der Waals surface area contributed by atoms with Crippen LogP contribution in [0, 0.1) is 5.41 Å². The summed E-state index contributed by atoms with van der Waals surface area (Å²) in [5.74, 6) is 0.841. The molecule has 0 amide bonds. The second kappa shape index (κ2) is 5.41. The third-order valence-electron chi connectivity index (χ3n) is 4.08. The molecule has 0 aromatic heterocycles. The Morgan fingerprint density at radius 2 is 2.05 bits per heavy atom. The predicted molar refractivity (Wildman–Crippen MR) is 78.8 cm³/mol. The molecular weight excluding hydrogens is 238 g/mol. The molecule has 2 unspecified atom stereocenters. The SMILES string of the molecule is CN(C)c1cccc(OC2CCCC(C)(C)C2O)c1. The summed E-state index contributed by atoms with van der Waals surface area (Å²) in [7, 11) is 4.02. The predicted octanol–water partition coefficient (Wildman–Crippen LogP) is 3.07. The highest BCUT2D eigenvalue weighted by Gasteiger charge is 2.39. The Balaban J connectivity index is 2.10. The lowest BCUT2D eigenvalue weighted by Gasteiger charge is -2.40. The van der Waals surface area contributed by atoms with Crippen LogP contribution in [-0.2, 0) is 0 Å². The van der Waals surface area contributed by atoms with Crippen molar-refractivity contribution >= 4 is 5.69 Å². The monoisotopic (exact) mass is 263 g/mol. The third kappa shape index (κ3) is 3.21. The van der Waals surface area contributed by atoms with Gasteiger partial charge in [-0.2, -0.15) is 0 Å². The number of benzene rings is 1. The highest BCUT2D eigenvalue weighted by molar-refractivity contribution is 5.49. The summed E-state index contributed by atoms with van der Waals surface area (Å²) in [5.41, 5.74) is 1.06. The second-order valence-corrected chi connectivity index (χ2v) is 6.37. The molecule has 3 nitrogen and oxygen atoms in total. The lowest BCUT2D eigenvalue weighted by Crippen LogP contribution is -2.46. The Bertz CT molecular complexity index is 429. The van der Waals surface area contributed by atoms with Crippen LogP contribution in [0.4, 0.5) is 5.69 Å². The second-order valence-electron chi connectivity index (χ2n) is 6.37. The summed E-state index contributed by atoms with van der Waals surface area (Å²) >= 11 is 0.